The van der Waals surface area contributed by atoms with Gasteiger partial charge in [-0.1, -0.05) is 29.3 Å². The van der Waals surface area contributed by atoms with E-state index in [1.807, 2.05) is 6.07 Å². The molecule has 0 aliphatic heterocycles. The highest BCUT2D eigenvalue weighted by molar-refractivity contribution is 6.32. The molecule has 0 atom stereocenters. The molecule has 0 unspecified atom stereocenters. The molecule has 1 amide bonds. The molecule has 0 aliphatic carbocycles. The number of nitrogens with zero attached hydrogens (tertiary/aromatic N) is 1. The van der Waals surface area contributed by atoms with Crippen molar-refractivity contribution in [3.05, 3.63) is 92.7 Å². The van der Waals surface area contributed by atoms with E-state index in [4.69, 9.17) is 54.5 Å². The van der Waals surface area contributed by atoms with E-state index in [-0.39, 0.29) is 50.6 Å². The highest BCUT2D eigenvalue weighted by atomic mass is 35.5. The first-order chi connectivity index (χ1) is 15.7. The molecule has 7 nitrogen and oxygen atoms in total. The number of hydrogen-bond acceptors (Lipinski definition) is 6. The van der Waals surface area contributed by atoms with Crippen LogP contribution >= 0.6 is 23.2 Å². The summed E-state index contributed by atoms with van der Waals surface area (Å²) in [6.07, 6.45) is -0.292. The minimum atomic E-state index is -0.827. The van der Waals surface area contributed by atoms with Crippen LogP contribution in [0.25, 0.3) is 0 Å². The monoisotopic (exact) mass is 484 g/mol. The Labute approximate surface area is 198 Å². The van der Waals surface area contributed by atoms with E-state index in [0.29, 0.717) is 5.56 Å². The Hall–Kier alpha value is -3.93. The van der Waals surface area contributed by atoms with Crippen molar-refractivity contribution in [3.63, 3.8) is 0 Å². The lowest BCUT2D eigenvalue weighted by Crippen LogP contribution is -2.15. The van der Waals surface area contributed by atoms with Gasteiger partial charge in [0.2, 0.25) is 11.8 Å². The predicted molar refractivity (Wildman–Crippen MR) is 122 cm³/mol. The van der Waals surface area contributed by atoms with Crippen molar-refractivity contribution in [1.82, 2.24) is 0 Å². The van der Waals surface area contributed by atoms with E-state index in [1.54, 1.807) is 0 Å². The summed E-state index contributed by atoms with van der Waals surface area (Å²) in [6, 6.07) is 14.6. The molecule has 33 heavy (non-hydrogen) atoms. The molecule has 0 bridgehead atoms. The average molecular weight is 485 g/mol. The van der Waals surface area contributed by atoms with E-state index < -0.39 is 17.6 Å². The number of nitrogens with two attached hydrogens (primary N) is 1. The van der Waals surface area contributed by atoms with Gasteiger partial charge in [0, 0.05) is 21.7 Å². The second kappa shape index (κ2) is 10.1. The van der Waals surface area contributed by atoms with Crippen LogP contribution < -0.4 is 10.5 Å². The van der Waals surface area contributed by atoms with Gasteiger partial charge in [0.05, 0.1) is 23.1 Å². The second-order valence-electron chi connectivity index (χ2n) is 6.71. The zero-order valence-electron chi connectivity index (χ0n) is 16.8. The quantitative estimate of drug-likeness (QED) is 0.316. The molecule has 0 heterocycles. The fourth-order valence-electron chi connectivity index (χ4n) is 2.78. The number of carbonyl (C=O) groups excluding carboxylic acids is 1. The van der Waals surface area contributed by atoms with E-state index in [0.717, 1.165) is 0 Å². The first-order valence-electron chi connectivity index (χ1n) is 9.27. The largest absolute Gasteiger partial charge is 0.453 e. The van der Waals surface area contributed by atoms with Crippen molar-refractivity contribution >= 4 is 40.9 Å². The molecule has 3 aromatic rings. The summed E-state index contributed by atoms with van der Waals surface area (Å²) in [6.45, 7) is 0. The lowest BCUT2D eigenvalue weighted by molar-refractivity contribution is 0.1000. The van der Waals surface area contributed by atoms with E-state index >= 15 is 4.39 Å². The fraction of sp³-hybridized carbons (Fsp3) is 0.0435. The van der Waals surface area contributed by atoms with Gasteiger partial charge in [0.15, 0.2) is 17.5 Å². The van der Waals surface area contributed by atoms with E-state index in [2.05, 4.69) is 0 Å². The molecular formula is C23H15Cl2FN4O3. The maximum Gasteiger partial charge on any atom is 0.248 e. The summed E-state index contributed by atoms with van der Waals surface area (Å²) in [5.41, 5.74) is 6.01. The van der Waals surface area contributed by atoms with Gasteiger partial charge < -0.3 is 15.2 Å². The molecule has 0 saturated heterocycles. The Morgan fingerprint density at radius 2 is 1.73 bits per heavy atom. The van der Waals surface area contributed by atoms with Crippen LogP contribution in [-0.2, 0) is 11.2 Å². The molecule has 3 rings (SSSR count). The number of benzene rings is 3. The van der Waals surface area contributed by atoms with Crippen LogP contribution in [0, 0.1) is 28.0 Å². The number of rotatable bonds is 6. The van der Waals surface area contributed by atoms with Gasteiger partial charge in [0.1, 0.15) is 5.75 Å². The van der Waals surface area contributed by atoms with Gasteiger partial charge in [-0.3, -0.25) is 15.6 Å². The highest BCUT2D eigenvalue weighted by Crippen LogP contribution is 2.35. The maximum absolute atomic E-state index is 15.1. The van der Waals surface area contributed by atoms with Gasteiger partial charge in [-0.05, 0) is 48.5 Å². The van der Waals surface area contributed by atoms with Crippen molar-refractivity contribution in [2.75, 3.05) is 0 Å². The normalized spacial score (nSPS) is 10.2. The minimum absolute atomic E-state index is 0.0236. The van der Waals surface area contributed by atoms with Crippen LogP contribution in [0.3, 0.4) is 0 Å². The predicted octanol–water partition coefficient (Wildman–Crippen LogP) is 5.46. The third-order valence-electron chi connectivity index (χ3n) is 4.36. The Balaban J connectivity index is 1.75. The summed E-state index contributed by atoms with van der Waals surface area (Å²) in [4.78, 5) is 11.1. The number of ether oxygens (including phenoxy) is 2. The van der Waals surface area contributed by atoms with Gasteiger partial charge in [-0.15, -0.1) is 0 Å². The summed E-state index contributed by atoms with van der Waals surface area (Å²) in [5.74, 6) is -2.38. The Morgan fingerprint density at radius 3 is 2.36 bits per heavy atom. The Bertz CT molecular complexity index is 1300. The molecule has 0 spiro atoms. The molecule has 0 saturated carbocycles. The third-order valence-corrected chi connectivity index (χ3v) is 4.87. The number of carbonyl (C=O) groups is 1. The van der Waals surface area contributed by atoms with Crippen molar-refractivity contribution in [1.29, 1.82) is 16.1 Å². The molecule has 4 N–H and O–H groups in total. The molecule has 166 valence electrons. The molecule has 3 aromatic carbocycles. The van der Waals surface area contributed by atoms with Gasteiger partial charge >= 0.3 is 0 Å². The van der Waals surface area contributed by atoms with Crippen LogP contribution in [0.15, 0.2) is 54.6 Å². The van der Waals surface area contributed by atoms with Crippen molar-refractivity contribution in [2.24, 2.45) is 5.73 Å². The molecule has 10 heteroatoms. The number of nitrogens with one attached hydrogen (secondary N) is 2. The third kappa shape index (κ3) is 5.86. The van der Waals surface area contributed by atoms with Gasteiger partial charge in [0.25, 0.3) is 0 Å². The van der Waals surface area contributed by atoms with Crippen LogP contribution in [0.1, 0.15) is 27.0 Å². The second-order valence-corrected chi connectivity index (χ2v) is 7.56. The first-order valence-corrected chi connectivity index (χ1v) is 10.0. The average Bonchev–Trinajstić information content (AvgIpc) is 2.78. The van der Waals surface area contributed by atoms with E-state index in [9.17, 15) is 4.79 Å². The van der Waals surface area contributed by atoms with Crippen LogP contribution in [0.2, 0.25) is 10.0 Å². The molecular weight excluding hydrogens is 470 g/mol. The van der Waals surface area contributed by atoms with E-state index in [1.165, 1.54) is 54.6 Å². The summed E-state index contributed by atoms with van der Waals surface area (Å²) in [7, 11) is 0. The highest BCUT2D eigenvalue weighted by Gasteiger charge is 2.18. The molecule has 0 radical (unpaired) electrons. The smallest absolute Gasteiger partial charge is 0.248 e. The van der Waals surface area contributed by atoms with Gasteiger partial charge in [-0.2, -0.15) is 5.26 Å². The molecule has 0 aliphatic rings. The SMILES string of the molecule is N#Cc1cc(Cl)cc(Oc2c(Cl)ccc(CC(=N)OC(=N)c3ccc(C(N)=O)cc3)c2F)c1. The molecule has 0 fully saturated rings. The maximum atomic E-state index is 15.1. The Morgan fingerprint density at radius 1 is 1.06 bits per heavy atom. The summed E-state index contributed by atoms with van der Waals surface area (Å²) >= 11 is 12.0. The van der Waals surface area contributed by atoms with Crippen LogP contribution in [0.4, 0.5) is 4.39 Å². The lowest BCUT2D eigenvalue weighted by atomic mass is 10.1. The first kappa shape index (κ1) is 23.7. The van der Waals surface area contributed by atoms with Gasteiger partial charge in [-0.25, -0.2) is 4.39 Å². The number of amides is 1. The summed E-state index contributed by atoms with van der Waals surface area (Å²) in [5, 5.41) is 25.3. The number of halogens is 3. The van der Waals surface area contributed by atoms with Crippen molar-refractivity contribution < 1.29 is 18.7 Å². The zero-order valence-corrected chi connectivity index (χ0v) is 18.3. The van der Waals surface area contributed by atoms with Crippen molar-refractivity contribution in [3.8, 4) is 17.6 Å². The van der Waals surface area contributed by atoms with Crippen LogP contribution in [0.5, 0.6) is 11.5 Å². The number of primary amides is 1. The van der Waals surface area contributed by atoms with Crippen molar-refractivity contribution in [2.45, 2.75) is 6.42 Å². The number of nitriles is 1. The van der Waals surface area contributed by atoms with Crippen LogP contribution in [-0.4, -0.2) is 17.7 Å². The Kier molecular flexibility index (Phi) is 7.28. The lowest BCUT2D eigenvalue weighted by Gasteiger charge is -2.13. The zero-order chi connectivity index (χ0) is 24.1. The molecule has 0 aromatic heterocycles. The fourth-order valence-corrected chi connectivity index (χ4v) is 3.19. The number of hydrogen-bond donors (Lipinski definition) is 3. The summed E-state index contributed by atoms with van der Waals surface area (Å²) < 4.78 is 25.8. The minimum Gasteiger partial charge on any atom is -0.453 e. The topological polar surface area (TPSA) is 133 Å². The standard InChI is InChI=1S/C23H15Cl2FN4O3/c24-16-7-12(11-27)8-17(10-16)32-21-18(25)6-5-15(20(21)26)9-19(28)33-23(30)14-3-1-13(2-4-14)22(29)31/h1-8,10,28,30H,9H2,(H2,29,31).